The first-order valence-corrected chi connectivity index (χ1v) is 11.6. The van der Waals surface area contributed by atoms with Gasteiger partial charge >= 0.3 is 0 Å². The minimum absolute atomic E-state index is 0.991. The molecular formula is C32H23N. The molecule has 0 aliphatic heterocycles. The van der Waals surface area contributed by atoms with Crippen LogP contribution in [-0.4, -0.2) is 0 Å². The van der Waals surface area contributed by atoms with Gasteiger partial charge in [0.25, 0.3) is 0 Å². The molecule has 5 aromatic rings. The predicted octanol–water partition coefficient (Wildman–Crippen LogP) is 8.30. The van der Waals surface area contributed by atoms with Gasteiger partial charge in [-0.05, 0) is 93.7 Å². The third-order valence-electron chi connectivity index (χ3n) is 7.07. The number of rotatable bonds is 3. The van der Waals surface area contributed by atoms with E-state index in [9.17, 15) is 0 Å². The molecule has 0 saturated carbocycles. The third kappa shape index (κ3) is 2.86. The van der Waals surface area contributed by atoms with Gasteiger partial charge < -0.3 is 4.90 Å². The van der Waals surface area contributed by atoms with Crippen molar-refractivity contribution in [1.29, 1.82) is 0 Å². The van der Waals surface area contributed by atoms with Gasteiger partial charge in [-0.15, -0.1) is 0 Å². The number of anilines is 3. The zero-order chi connectivity index (χ0) is 21.8. The molecule has 2 aliphatic rings. The highest BCUT2D eigenvalue weighted by atomic mass is 15.1. The van der Waals surface area contributed by atoms with Gasteiger partial charge in [0, 0.05) is 17.1 Å². The molecule has 0 bridgehead atoms. The predicted molar refractivity (Wildman–Crippen MR) is 138 cm³/mol. The van der Waals surface area contributed by atoms with Crippen molar-refractivity contribution in [2.24, 2.45) is 0 Å². The monoisotopic (exact) mass is 421 g/mol. The van der Waals surface area contributed by atoms with Crippen molar-refractivity contribution in [3.63, 3.8) is 0 Å². The van der Waals surface area contributed by atoms with Crippen LogP contribution < -0.4 is 4.90 Å². The SMILES string of the molecule is c1ccc(N(c2ccccc2)c2ccc3c(c2)Cc2ccc4c(c2-3)-c2ccccc2C4)cc1. The lowest BCUT2D eigenvalue weighted by atomic mass is 9.94. The molecule has 5 aromatic carbocycles. The van der Waals surface area contributed by atoms with E-state index in [1.165, 1.54) is 61.6 Å². The zero-order valence-corrected chi connectivity index (χ0v) is 18.3. The number of para-hydroxylation sites is 2. The maximum Gasteiger partial charge on any atom is 0.0464 e. The second-order valence-corrected chi connectivity index (χ2v) is 8.99. The van der Waals surface area contributed by atoms with E-state index < -0.39 is 0 Å². The Balaban J connectivity index is 1.38. The van der Waals surface area contributed by atoms with Crippen LogP contribution in [0.3, 0.4) is 0 Å². The molecule has 0 spiro atoms. The molecule has 0 radical (unpaired) electrons. The first-order chi connectivity index (χ1) is 16.4. The van der Waals surface area contributed by atoms with Crippen LogP contribution >= 0.6 is 0 Å². The summed E-state index contributed by atoms with van der Waals surface area (Å²) < 4.78 is 0. The summed E-state index contributed by atoms with van der Waals surface area (Å²) in [5, 5.41) is 0. The molecule has 0 aromatic heterocycles. The Morgan fingerprint density at radius 2 is 0.939 bits per heavy atom. The molecule has 0 unspecified atom stereocenters. The number of benzene rings is 5. The fourth-order valence-corrected chi connectivity index (χ4v) is 5.64. The molecule has 0 heterocycles. The second-order valence-electron chi connectivity index (χ2n) is 8.99. The average molecular weight is 422 g/mol. The summed E-state index contributed by atoms with van der Waals surface area (Å²) in [6.45, 7) is 0. The van der Waals surface area contributed by atoms with Crippen LogP contribution in [0, 0.1) is 0 Å². The summed E-state index contributed by atoms with van der Waals surface area (Å²) >= 11 is 0. The Hall–Kier alpha value is -4.10. The number of hydrogen-bond donors (Lipinski definition) is 0. The van der Waals surface area contributed by atoms with Crippen LogP contribution in [0.4, 0.5) is 17.1 Å². The number of nitrogens with zero attached hydrogens (tertiary/aromatic N) is 1. The maximum absolute atomic E-state index is 2.39. The van der Waals surface area contributed by atoms with Crippen LogP contribution in [0.15, 0.2) is 115 Å². The molecule has 1 nitrogen and oxygen atoms in total. The Morgan fingerprint density at radius 3 is 1.61 bits per heavy atom. The largest absolute Gasteiger partial charge is 0.310 e. The van der Waals surface area contributed by atoms with E-state index in [0.717, 1.165) is 12.8 Å². The van der Waals surface area contributed by atoms with Crippen molar-refractivity contribution >= 4 is 17.1 Å². The lowest BCUT2D eigenvalue weighted by Crippen LogP contribution is -2.09. The Morgan fingerprint density at radius 1 is 0.394 bits per heavy atom. The molecule has 0 fully saturated rings. The lowest BCUT2D eigenvalue weighted by molar-refractivity contribution is 1.22. The Bertz CT molecular complexity index is 1460. The van der Waals surface area contributed by atoms with Gasteiger partial charge in [-0.3, -0.25) is 0 Å². The summed E-state index contributed by atoms with van der Waals surface area (Å²) in [5.41, 5.74) is 15.0. The van der Waals surface area contributed by atoms with Crippen molar-refractivity contribution in [3.8, 4) is 22.3 Å². The first-order valence-electron chi connectivity index (χ1n) is 11.6. The second kappa shape index (κ2) is 7.21. The molecule has 0 N–H and O–H groups in total. The van der Waals surface area contributed by atoms with Crippen LogP contribution in [0.5, 0.6) is 0 Å². The van der Waals surface area contributed by atoms with Gasteiger partial charge in [-0.2, -0.15) is 0 Å². The topological polar surface area (TPSA) is 3.24 Å². The molecule has 0 atom stereocenters. The van der Waals surface area contributed by atoms with Crippen molar-refractivity contribution < 1.29 is 0 Å². The van der Waals surface area contributed by atoms with E-state index in [-0.39, 0.29) is 0 Å². The van der Waals surface area contributed by atoms with Gasteiger partial charge in [0.2, 0.25) is 0 Å². The fraction of sp³-hybridized carbons (Fsp3) is 0.0625. The van der Waals surface area contributed by atoms with Gasteiger partial charge in [0.05, 0.1) is 0 Å². The van der Waals surface area contributed by atoms with Crippen molar-refractivity contribution in [2.75, 3.05) is 4.90 Å². The molecule has 7 rings (SSSR count). The maximum atomic E-state index is 2.39. The van der Waals surface area contributed by atoms with E-state index in [1.807, 2.05) is 0 Å². The summed E-state index contributed by atoms with van der Waals surface area (Å²) in [5.74, 6) is 0. The zero-order valence-electron chi connectivity index (χ0n) is 18.3. The first kappa shape index (κ1) is 18.5. The van der Waals surface area contributed by atoms with Gasteiger partial charge in [-0.25, -0.2) is 0 Å². The third-order valence-corrected chi connectivity index (χ3v) is 7.07. The van der Waals surface area contributed by atoms with Gasteiger partial charge in [0.1, 0.15) is 0 Å². The lowest BCUT2D eigenvalue weighted by Gasteiger charge is -2.26. The van der Waals surface area contributed by atoms with E-state index in [4.69, 9.17) is 0 Å². The van der Waals surface area contributed by atoms with E-state index in [1.54, 1.807) is 0 Å². The molecule has 33 heavy (non-hydrogen) atoms. The van der Waals surface area contributed by atoms with Crippen molar-refractivity contribution in [2.45, 2.75) is 12.8 Å². The van der Waals surface area contributed by atoms with Crippen LogP contribution in [0.2, 0.25) is 0 Å². The summed E-state index contributed by atoms with van der Waals surface area (Å²) in [4.78, 5) is 2.35. The van der Waals surface area contributed by atoms with E-state index in [0.29, 0.717) is 0 Å². The quantitative estimate of drug-likeness (QED) is 0.277. The standard InChI is InChI=1S/C32H23N/c1-3-10-26(11-4-1)33(27-12-5-2-6-13-27)28-17-18-30-25(21-28)20-24-16-15-23-19-22-9-7-8-14-29(22)31(23)32(24)30/h1-18,21H,19-20H2. The minimum Gasteiger partial charge on any atom is -0.310 e. The smallest absolute Gasteiger partial charge is 0.0464 e. The Labute approximate surface area is 194 Å². The number of fused-ring (bicyclic) bond motifs is 7. The molecule has 1 heteroatoms. The van der Waals surface area contributed by atoms with Crippen molar-refractivity contribution in [1.82, 2.24) is 0 Å². The highest BCUT2D eigenvalue weighted by Crippen LogP contribution is 2.50. The average Bonchev–Trinajstić information content (AvgIpc) is 3.43. The van der Waals surface area contributed by atoms with Crippen LogP contribution in [0.1, 0.15) is 22.3 Å². The highest BCUT2D eigenvalue weighted by Gasteiger charge is 2.29. The van der Waals surface area contributed by atoms with Gasteiger partial charge in [0.15, 0.2) is 0 Å². The van der Waals surface area contributed by atoms with E-state index >= 15 is 0 Å². The van der Waals surface area contributed by atoms with Gasteiger partial charge in [-0.1, -0.05) is 78.9 Å². The molecule has 0 saturated heterocycles. The highest BCUT2D eigenvalue weighted by molar-refractivity contribution is 5.96. The molecular weight excluding hydrogens is 398 g/mol. The van der Waals surface area contributed by atoms with E-state index in [2.05, 4.69) is 120 Å². The summed E-state index contributed by atoms with van der Waals surface area (Å²) in [7, 11) is 0. The van der Waals surface area contributed by atoms with Crippen LogP contribution in [-0.2, 0) is 12.8 Å². The molecule has 0 amide bonds. The number of hydrogen-bond acceptors (Lipinski definition) is 1. The molecule has 156 valence electrons. The summed E-state index contributed by atoms with van der Waals surface area (Å²) in [6.07, 6.45) is 2.04. The fourth-order valence-electron chi connectivity index (χ4n) is 5.64. The minimum atomic E-state index is 0.991. The molecule has 2 aliphatic carbocycles. The Kier molecular flexibility index (Phi) is 4.04. The van der Waals surface area contributed by atoms with Crippen molar-refractivity contribution in [3.05, 3.63) is 138 Å². The van der Waals surface area contributed by atoms with Crippen LogP contribution in [0.25, 0.3) is 22.3 Å². The normalized spacial score (nSPS) is 12.6. The summed E-state index contributed by atoms with van der Waals surface area (Å²) in [6, 6.07) is 41.9.